The van der Waals surface area contributed by atoms with E-state index in [9.17, 15) is 9.59 Å². The lowest BCUT2D eigenvalue weighted by atomic mass is 10.1. The maximum absolute atomic E-state index is 11.3. The molecule has 0 spiro atoms. The molecule has 1 aromatic rings. The van der Waals surface area contributed by atoms with E-state index in [1.54, 1.807) is 18.2 Å². The molecule has 1 unspecified atom stereocenters. The fraction of sp³-hybridized carbons (Fsp3) is 0.333. The summed E-state index contributed by atoms with van der Waals surface area (Å²) in [4.78, 5) is 22.0. The second-order valence-electron chi connectivity index (χ2n) is 3.79. The minimum absolute atomic E-state index is 0.0830. The molecule has 0 fully saturated rings. The highest BCUT2D eigenvalue weighted by molar-refractivity contribution is 5.90. The molecule has 0 heterocycles. The largest absolute Gasteiger partial charge is 0.465 e. The van der Waals surface area contributed by atoms with Crippen LogP contribution in [-0.2, 0) is 9.53 Å². The summed E-state index contributed by atoms with van der Waals surface area (Å²) in [5, 5.41) is 3.08. The van der Waals surface area contributed by atoms with Crippen LogP contribution in [0.5, 0.6) is 0 Å². The van der Waals surface area contributed by atoms with Crippen molar-refractivity contribution in [3.8, 4) is 0 Å². The van der Waals surface area contributed by atoms with Gasteiger partial charge in [0.05, 0.1) is 12.7 Å². The van der Waals surface area contributed by atoms with Crippen molar-refractivity contribution >= 4 is 17.6 Å². The van der Waals surface area contributed by atoms with Gasteiger partial charge in [0.15, 0.2) is 0 Å². The lowest BCUT2D eigenvalue weighted by molar-refractivity contribution is -0.118. The molecule has 0 aliphatic heterocycles. The molecule has 0 bridgehead atoms. The van der Waals surface area contributed by atoms with Crippen molar-refractivity contribution in [2.75, 3.05) is 12.4 Å². The Morgan fingerprint density at radius 1 is 1.47 bits per heavy atom. The molecule has 5 heteroatoms. The number of hydrogen-bond acceptors (Lipinski definition) is 4. The molecular weight excluding hydrogens is 220 g/mol. The molecule has 0 saturated carbocycles. The van der Waals surface area contributed by atoms with Gasteiger partial charge in [-0.1, -0.05) is 6.07 Å². The number of benzene rings is 1. The number of nitrogens with two attached hydrogens (primary N) is 1. The lowest BCUT2D eigenvalue weighted by Crippen LogP contribution is -2.24. The van der Waals surface area contributed by atoms with Crippen molar-refractivity contribution < 1.29 is 14.3 Å². The lowest BCUT2D eigenvalue weighted by Gasteiger charge is -2.13. The van der Waals surface area contributed by atoms with Gasteiger partial charge in [-0.2, -0.15) is 0 Å². The molecule has 17 heavy (non-hydrogen) atoms. The van der Waals surface area contributed by atoms with E-state index in [4.69, 9.17) is 5.73 Å². The van der Waals surface area contributed by atoms with Gasteiger partial charge >= 0.3 is 5.97 Å². The molecule has 1 aromatic carbocycles. The third kappa shape index (κ3) is 4.14. The molecule has 1 amide bonds. The Hall–Kier alpha value is -2.04. The first-order chi connectivity index (χ1) is 8.02. The van der Waals surface area contributed by atoms with Gasteiger partial charge in [0.2, 0.25) is 5.91 Å². The number of anilines is 1. The van der Waals surface area contributed by atoms with Crippen LogP contribution in [0.4, 0.5) is 5.69 Å². The number of ether oxygens (including phenoxy) is 1. The van der Waals surface area contributed by atoms with E-state index < -0.39 is 5.97 Å². The molecular formula is C12H16N2O3. The molecule has 1 rings (SSSR count). The number of carbonyl (C=O) groups is 2. The van der Waals surface area contributed by atoms with Crippen molar-refractivity contribution in [3.63, 3.8) is 0 Å². The predicted molar refractivity (Wildman–Crippen MR) is 64.7 cm³/mol. The maximum Gasteiger partial charge on any atom is 0.337 e. The number of amides is 1. The highest BCUT2D eigenvalue weighted by Crippen LogP contribution is 2.13. The van der Waals surface area contributed by atoms with Crippen LogP contribution in [0.25, 0.3) is 0 Å². The molecule has 5 nitrogen and oxygen atoms in total. The van der Waals surface area contributed by atoms with Crippen LogP contribution in [-0.4, -0.2) is 25.0 Å². The fourth-order valence-electron chi connectivity index (χ4n) is 1.49. The monoisotopic (exact) mass is 236 g/mol. The average Bonchev–Trinajstić information content (AvgIpc) is 2.27. The third-order valence-corrected chi connectivity index (χ3v) is 2.20. The molecule has 1 atom stereocenters. The van der Waals surface area contributed by atoms with Gasteiger partial charge < -0.3 is 15.8 Å². The molecule has 0 aromatic heterocycles. The summed E-state index contributed by atoms with van der Waals surface area (Å²) < 4.78 is 4.62. The van der Waals surface area contributed by atoms with Crippen molar-refractivity contribution in [1.29, 1.82) is 0 Å². The fourth-order valence-corrected chi connectivity index (χ4v) is 1.49. The molecule has 0 saturated heterocycles. The van der Waals surface area contributed by atoms with Crippen molar-refractivity contribution in [2.24, 2.45) is 5.73 Å². The Labute approximate surface area is 99.9 Å². The van der Waals surface area contributed by atoms with Crippen LogP contribution >= 0.6 is 0 Å². The first kappa shape index (κ1) is 13.0. The van der Waals surface area contributed by atoms with E-state index in [0.717, 1.165) is 5.69 Å². The van der Waals surface area contributed by atoms with E-state index in [1.165, 1.54) is 7.11 Å². The Morgan fingerprint density at radius 2 is 2.18 bits per heavy atom. The summed E-state index contributed by atoms with van der Waals surface area (Å²) in [6.45, 7) is 1.84. The SMILES string of the molecule is COC(=O)c1cccc(NC(C)CC(N)=O)c1. The molecule has 0 aliphatic carbocycles. The zero-order valence-electron chi connectivity index (χ0n) is 9.90. The number of carbonyl (C=O) groups excluding carboxylic acids is 2. The minimum Gasteiger partial charge on any atom is -0.465 e. The standard InChI is InChI=1S/C12H16N2O3/c1-8(6-11(13)15)14-10-5-3-4-9(7-10)12(16)17-2/h3-5,7-8,14H,6H2,1-2H3,(H2,13,15). The Balaban J connectivity index is 2.72. The number of primary amides is 1. The summed E-state index contributed by atoms with van der Waals surface area (Å²) in [6, 6.07) is 6.80. The summed E-state index contributed by atoms with van der Waals surface area (Å²) >= 11 is 0. The Bertz CT molecular complexity index is 418. The van der Waals surface area contributed by atoms with Crippen LogP contribution in [0.1, 0.15) is 23.7 Å². The van der Waals surface area contributed by atoms with Crippen molar-refractivity contribution in [2.45, 2.75) is 19.4 Å². The number of methoxy groups -OCH3 is 1. The van der Waals surface area contributed by atoms with Gasteiger partial charge in [0, 0.05) is 18.2 Å². The molecule has 3 N–H and O–H groups in total. The zero-order chi connectivity index (χ0) is 12.8. The Kier molecular flexibility index (Phi) is 4.51. The molecule has 92 valence electrons. The maximum atomic E-state index is 11.3. The van der Waals surface area contributed by atoms with Crippen LogP contribution < -0.4 is 11.1 Å². The van der Waals surface area contributed by atoms with E-state index in [2.05, 4.69) is 10.1 Å². The van der Waals surface area contributed by atoms with Gasteiger partial charge in [0.25, 0.3) is 0 Å². The van der Waals surface area contributed by atoms with Crippen molar-refractivity contribution in [3.05, 3.63) is 29.8 Å². The van der Waals surface area contributed by atoms with Crippen LogP contribution in [0.3, 0.4) is 0 Å². The minimum atomic E-state index is -0.392. The van der Waals surface area contributed by atoms with Crippen LogP contribution in [0, 0.1) is 0 Å². The third-order valence-electron chi connectivity index (χ3n) is 2.20. The van der Waals surface area contributed by atoms with E-state index in [1.807, 2.05) is 13.0 Å². The predicted octanol–water partition coefficient (Wildman–Crippen LogP) is 1.15. The number of rotatable bonds is 5. The second kappa shape index (κ2) is 5.89. The van der Waals surface area contributed by atoms with E-state index >= 15 is 0 Å². The quantitative estimate of drug-likeness (QED) is 0.751. The number of hydrogen-bond donors (Lipinski definition) is 2. The highest BCUT2D eigenvalue weighted by atomic mass is 16.5. The van der Waals surface area contributed by atoms with E-state index in [0.29, 0.717) is 5.56 Å². The normalized spacial score (nSPS) is 11.6. The molecule has 0 aliphatic rings. The Morgan fingerprint density at radius 3 is 2.76 bits per heavy atom. The van der Waals surface area contributed by atoms with Gasteiger partial charge in [-0.25, -0.2) is 4.79 Å². The number of nitrogens with one attached hydrogen (secondary N) is 1. The van der Waals surface area contributed by atoms with Gasteiger partial charge in [0.1, 0.15) is 0 Å². The van der Waals surface area contributed by atoms with Crippen LogP contribution in [0.2, 0.25) is 0 Å². The smallest absolute Gasteiger partial charge is 0.337 e. The topological polar surface area (TPSA) is 81.4 Å². The zero-order valence-corrected chi connectivity index (χ0v) is 9.90. The van der Waals surface area contributed by atoms with Crippen molar-refractivity contribution in [1.82, 2.24) is 0 Å². The second-order valence-corrected chi connectivity index (χ2v) is 3.79. The van der Waals surface area contributed by atoms with E-state index in [-0.39, 0.29) is 18.4 Å². The highest BCUT2D eigenvalue weighted by Gasteiger charge is 2.08. The van der Waals surface area contributed by atoms with Gasteiger partial charge in [-0.3, -0.25) is 4.79 Å². The summed E-state index contributed by atoms with van der Waals surface area (Å²) in [5.74, 6) is -0.759. The average molecular weight is 236 g/mol. The summed E-state index contributed by atoms with van der Waals surface area (Å²) in [7, 11) is 1.33. The number of esters is 1. The summed E-state index contributed by atoms with van der Waals surface area (Å²) in [5.41, 5.74) is 6.31. The van der Waals surface area contributed by atoms with Gasteiger partial charge in [-0.05, 0) is 25.1 Å². The first-order valence-electron chi connectivity index (χ1n) is 5.26. The summed E-state index contributed by atoms with van der Waals surface area (Å²) in [6.07, 6.45) is 0.239. The molecule has 0 radical (unpaired) electrons. The first-order valence-corrected chi connectivity index (χ1v) is 5.26. The van der Waals surface area contributed by atoms with Gasteiger partial charge in [-0.15, -0.1) is 0 Å². The van der Waals surface area contributed by atoms with Crippen LogP contribution in [0.15, 0.2) is 24.3 Å².